The Morgan fingerprint density at radius 3 is 1.24 bits per heavy atom. The molecule has 0 fully saturated rings. The van der Waals surface area contributed by atoms with Crippen LogP contribution >= 0.6 is 0 Å². The third-order valence-electron chi connectivity index (χ3n) is 4.73. The molecule has 0 aliphatic carbocycles. The van der Waals surface area contributed by atoms with E-state index in [0.717, 1.165) is 32.1 Å². The van der Waals surface area contributed by atoms with Gasteiger partial charge in [0.25, 0.3) is 0 Å². The Labute approximate surface area is 199 Å². The predicted octanol–water partition coefficient (Wildman–Crippen LogP) is 2.16. The number of aliphatic hydroxyl groups excluding tert-OH is 1. The topological polar surface area (TPSA) is 77.4 Å². The van der Waals surface area contributed by atoms with Gasteiger partial charge in [-0.1, -0.05) is 83.5 Å². The fourth-order valence-corrected chi connectivity index (χ4v) is 3.42. The van der Waals surface area contributed by atoms with Gasteiger partial charge in [-0.25, -0.2) is 8.42 Å². The van der Waals surface area contributed by atoms with Crippen molar-refractivity contribution in [1.82, 2.24) is 0 Å². The maximum atomic E-state index is 10.8. The Morgan fingerprint density at radius 1 is 0.680 bits per heavy atom. The van der Waals surface area contributed by atoms with Gasteiger partial charge in [0.1, 0.15) is 0 Å². The SMILES string of the molecule is CC(O)CCCCCCCCCCCCCCCC(C)S(=O)(=O)[O-].[K+]. The second kappa shape index (κ2) is 18.9. The maximum Gasteiger partial charge on any atom is 1.00 e. The molecule has 4 nitrogen and oxygen atoms in total. The second-order valence-electron chi connectivity index (χ2n) is 7.33. The Bertz CT molecular complexity index is 372. The Hall–Kier alpha value is 1.51. The van der Waals surface area contributed by atoms with Crippen molar-refractivity contribution < 1.29 is 69.5 Å². The zero-order valence-corrected chi connectivity index (χ0v) is 20.8. The van der Waals surface area contributed by atoms with Crippen LogP contribution in [0.15, 0.2) is 0 Å². The van der Waals surface area contributed by atoms with Crippen LogP contribution in [0.25, 0.3) is 0 Å². The van der Waals surface area contributed by atoms with E-state index < -0.39 is 15.4 Å². The van der Waals surface area contributed by atoms with E-state index >= 15 is 0 Å². The summed E-state index contributed by atoms with van der Waals surface area (Å²) in [7, 11) is -4.09. The van der Waals surface area contributed by atoms with Crippen molar-refractivity contribution in [2.45, 2.75) is 122 Å². The minimum atomic E-state index is -4.09. The molecule has 0 aliphatic rings. The molecule has 6 heteroatoms. The molecule has 146 valence electrons. The minimum absolute atomic E-state index is 0. The van der Waals surface area contributed by atoms with Crippen molar-refractivity contribution in [2.24, 2.45) is 0 Å². The van der Waals surface area contributed by atoms with Gasteiger partial charge < -0.3 is 9.66 Å². The first-order valence-corrected chi connectivity index (χ1v) is 11.4. The van der Waals surface area contributed by atoms with Crippen molar-refractivity contribution in [2.75, 3.05) is 0 Å². The van der Waals surface area contributed by atoms with Crippen LogP contribution in [-0.4, -0.2) is 29.4 Å². The first-order chi connectivity index (χ1) is 11.3. The molecule has 0 amide bonds. The summed E-state index contributed by atoms with van der Waals surface area (Å²) < 4.78 is 32.3. The fourth-order valence-electron chi connectivity index (χ4n) is 2.96. The number of rotatable bonds is 17. The summed E-state index contributed by atoms with van der Waals surface area (Å²) in [5.74, 6) is 0. The van der Waals surface area contributed by atoms with Crippen LogP contribution in [0.4, 0.5) is 0 Å². The molecule has 0 aromatic rings. The van der Waals surface area contributed by atoms with Crippen LogP contribution in [0.2, 0.25) is 0 Å². The van der Waals surface area contributed by atoms with Crippen molar-refractivity contribution in [1.29, 1.82) is 0 Å². The van der Waals surface area contributed by atoms with Gasteiger partial charge in [-0.2, -0.15) is 0 Å². The molecule has 0 saturated heterocycles. The van der Waals surface area contributed by atoms with Gasteiger partial charge >= 0.3 is 51.4 Å². The quantitative estimate of drug-likeness (QED) is 0.230. The van der Waals surface area contributed by atoms with E-state index in [4.69, 9.17) is 5.11 Å². The van der Waals surface area contributed by atoms with Crippen molar-refractivity contribution in [3.05, 3.63) is 0 Å². The van der Waals surface area contributed by atoms with E-state index in [0.29, 0.717) is 6.42 Å². The fraction of sp³-hybridized carbons (Fsp3) is 1.00. The zero-order valence-electron chi connectivity index (χ0n) is 16.8. The molecule has 1 N–H and O–H groups in total. The first-order valence-electron chi connectivity index (χ1n) is 9.97. The molecule has 0 spiro atoms. The van der Waals surface area contributed by atoms with Gasteiger partial charge in [0.15, 0.2) is 0 Å². The first kappa shape index (κ1) is 28.7. The van der Waals surface area contributed by atoms with Crippen LogP contribution in [0.5, 0.6) is 0 Å². The number of hydrogen-bond donors (Lipinski definition) is 1. The van der Waals surface area contributed by atoms with Crippen LogP contribution in [0.1, 0.15) is 110 Å². The standard InChI is InChI=1S/C19H40O4S.K/c1-18(20)16-14-12-10-8-6-4-3-5-7-9-11-13-15-17-19(2)24(21,22)23;/h18-20H,3-17H2,1-2H3,(H,21,22,23);/q;+1/p-1. The second-order valence-corrected chi connectivity index (χ2v) is 9.12. The van der Waals surface area contributed by atoms with E-state index in [-0.39, 0.29) is 57.5 Å². The summed E-state index contributed by atoms with van der Waals surface area (Å²) in [4.78, 5) is 0. The van der Waals surface area contributed by atoms with Gasteiger partial charge in [0.05, 0.1) is 16.2 Å². The van der Waals surface area contributed by atoms with Gasteiger partial charge in [-0.05, 0) is 26.7 Å². The molecule has 0 saturated carbocycles. The molecule has 2 atom stereocenters. The number of aliphatic hydroxyl groups is 1. The average molecular weight is 403 g/mol. The average Bonchev–Trinajstić information content (AvgIpc) is 2.49. The van der Waals surface area contributed by atoms with Gasteiger partial charge in [-0.3, -0.25) is 0 Å². The van der Waals surface area contributed by atoms with Crippen molar-refractivity contribution in [3.63, 3.8) is 0 Å². The third kappa shape index (κ3) is 21.7. The molecule has 25 heavy (non-hydrogen) atoms. The zero-order chi connectivity index (χ0) is 18.3. The Balaban J connectivity index is 0. The predicted molar refractivity (Wildman–Crippen MR) is 100 cm³/mol. The van der Waals surface area contributed by atoms with E-state index in [1.54, 1.807) is 0 Å². The molecular formula is C19H39KO4S. The molecule has 0 rings (SSSR count). The normalized spacial score (nSPS) is 14.1. The van der Waals surface area contributed by atoms with Crippen LogP contribution in [0.3, 0.4) is 0 Å². The van der Waals surface area contributed by atoms with Crippen molar-refractivity contribution >= 4 is 10.1 Å². The van der Waals surface area contributed by atoms with Gasteiger partial charge in [-0.15, -0.1) is 0 Å². The summed E-state index contributed by atoms with van der Waals surface area (Å²) in [6, 6.07) is 0. The maximum absolute atomic E-state index is 10.8. The number of hydrogen-bond acceptors (Lipinski definition) is 4. The summed E-state index contributed by atoms with van der Waals surface area (Å²) in [6.07, 6.45) is 17.1. The van der Waals surface area contributed by atoms with Crippen LogP contribution < -0.4 is 51.4 Å². The molecule has 0 aromatic heterocycles. The third-order valence-corrected chi connectivity index (χ3v) is 5.95. The van der Waals surface area contributed by atoms with Crippen LogP contribution in [-0.2, 0) is 10.1 Å². The number of unbranched alkanes of at least 4 members (excludes halogenated alkanes) is 12. The molecule has 0 aromatic carbocycles. The van der Waals surface area contributed by atoms with Gasteiger partial charge in [0, 0.05) is 5.25 Å². The monoisotopic (exact) mass is 402 g/mol. The Kier molecular flexibility index (Phi) is 21.7. The smallest absolute Gasteiger partial charge is 0.748 e. The van der Waals surface area contributed by atoms with E-state index in [9.17, 15) is 13.0 Å². The molecule has 0 heterocycles. The van der Waals surface area contributed by atoms with E-state index in [2.05, 4.69) is 0 Å². The summed E-state index contributed by atoms with van der Waals surface area (Å²) in [5, 5.41) is 8.43. The summed E-state index contributed by atoms with van der Waals surface area (Å²) in [6.45, 7) is 3.37. The van der Waals surface area contributed by atoms with Gasteiger partial charge in [0.2, 0.25) is 0 Å². The summed E-state index contributed by atoms with van der Waals surface area (Å²) in [5.41, 5.74) is 0. The molecule has 0 aliphatic heterocycles. The summed E-state index contributed by atoms with van der Waals surface area (Å²) >= 11 is 0. The molecular weight excluding hydrogens is 363 g/mol. The van der Waals surface area contributed by atoms with E-state index in [1.165, 1.54) is 64.7 Å². The largest absolute Gasteiger partial charge is 1.00 e. The Morgan fingerprint density at radius 2 is 0.960 bits per heavy atom. The van der Waals surface area contributed by atoms with Crippen molar-refractivity contribution in [3.8, 4) is 0 Å². The van der Waals surface area contributed by atoms with Crippen LogP contribution in [0, 0.1) is 0 Å². The molecule has 0 bridgehead atoms. The van der Waals surface area contributed by atoms with E-state index in [1.807, 2.05) is 6.92 Å². The molecule has 2 unspecified atom stereocenters. The minimum Gasteiger partial charge on any atom is -0.748 e. The molecule has 0 radical (unpaired) electrons.